The van der Waals surface area contributed by atoms with Crippen LogP contribution in [0.1, 0.15) is 59.8 Å². The molecular formula is C17H32N2O2. The molecule has 21 heavy (non-hydrogen) atoms. The Morgan fingerprint density at radius 3 is 2.81 bits per heavy atom. The van der Waals surface area contributed by atoms with Crippen LogP contribution in [0.3, 0.4) is 0 Å². The van der Waals surface area contributed by atoms with Gasteiger partial charge in [0.1, 0.15) is 5.60 Å². The van der Waals surface area contributed by atoms with Crippen molar-refractivity contribution in [2.24, 2.45) is 0 Å². The van der Waals surface area contributed by atoms with E-state index in [1.807, 2.05) is 31.7 Å². The Bertz CT molecular complexity index is 336. The van der Waals surface area contributed by atoms with E-state index < -0.39 is 5.60 Å². The Hall–Kier alpha value is -1.03. The lowest BCUT2D eigenvalue weighted by Gasteiger charge is -2.37. The smallest absolute Gasteiger partial charge is 0.410 e. The lowest BCUT2D eigenvalue weighted by atomic mass is 10.0. The maximum absolute atomic E-state index is 12.3. The number of allylic oxidation sites excluding steroid dienone is 1. The Balaban J connectivity index is 2.49. The molecule has 1 fully saturated rings. The maximum Gasteiger partial charge on any atom is 0.410 e. The summed E-state index contributed by atoms with van der Waals surface area (Å²) in [4.78, 5) is 14.2. The van der Waals surface area contributed by atoms with E-state index in [1.54, 1.807) is 0 Å². The summed E-state index contributed by atoms with van der Waals surface area (Å²) in [5.74, 6) is 0. The van der Waals surface area contributed by atoms with E-state index in [0.29, 0.717) is 6.04 Å². The molecule has 0 aromatic heterocycles. The fourth-order valence-corrected chi connectivity index (χ4v) is 2.58. The van der Waals surface area contributed by atoms with Crippen molar-refractivity contribution in [2.45, 2.75) is 77.5 Å². The van der Waals surface area contributed by atoms with Gasteiger partial charge in [0.25, 0.3) is 0 Å². The summed E-state index contributed by atoms with van der Waals surface area (Å²) in [5, 5.41) is 3.54. The van der Waals surface area contributed by atoms with Gasteiger partial charge in [0.15, 0.2) is 0 Å². The number of hydrogen-bond acceptors (Lipinski definition) is 3. The minimum absolute atomic E-state index is 0.173. The summed E-state index contributed by atoms with van der Waals surface area (Å²) < 4.78 is 5.53. The number of carbonyl (C=O) groups excluding carboxylic acids is 1. The van der Waals surface area contributed by atoms with Gasteiger partial charge in [-0.25, -0.2) is 4.79 Å². The van der Waals surface area contributed by atoms with Crippen molar-refractivity contribution < 1.29 is 9.53 Å². The quantitative estimate of drug-likeness (QED) is 0.760. The van der Waals surface area contributed by atoms with Gasteiger partial charge in [0, 0.05) is 25.2 Å². The van der Waals surface area contributed by atoms with Crippen molar-refractivity contribution in [3.05, 3.63) is 12.7 Å². The molecule has 1 saturated heterocycles. The van der Waals surface area contributed by atoms with Crippen LogP contribution < -0.4 is 5.32 Å². The third-order valence-electron chi connectivity index (χ3n) is 3.76. The predicted molar refractivity (Wildman–Crippen MR) is 87.5 cm³/mol. The highest BCUT2D eigenvalue weighted by Crippen LogP contribution is 2.20. The molecule has 0 spiro atoms. The number of nitrogens with zero attached hydrogens (tertiary/aromatic N) is 1. The van der Waals surface area contributed by atoms with Gasteiger partial charge >= 0.3 is 6.09 Å². The molecule has 1 aliphatic heterocycles. The summed E-state index contributed by atoms with van der Waals surface area (Å²) in [7, 11) is 0. The first-order chi connectivity index (χ1) is 9.83. The maximum atomic E-state index is 12.3. The van der Waals surface area contributed by atoms with Crippen molar-refractivity contribution in [1.29, 1.82) is 0 Å². The van der Waals surface area contributed by atoms with Crippen molar-refractivity contribution in [1.82, 2.24) is 10.2 Å². The van der Waals surface area contributed by atoms with Crippen LogP contribution in [-0.2, 0) is 4.74 Å². The summed E-state index contributed by atoms with van der Waals surface area (Å²) in [6.45, 7) is 13.3. The normalized spacial score (nSPS) is 21.0. The van der Waals surface area contributed by atoms with Crippen LogP contribution in [0.5, 0.6) is 0 Å². The average Bonchev–Trinajstić information content (AvgIpc) is 2.41. The molecule has 1 amide bonds. The van der Waals surface area contributed by atoms with Crippen LogP contribution >= 0.6 is 0 Å². The summed E-state index contributed by atoms with van der Waals surface area (Å²) in [6, 6.07) is 0.699. The highest BCUT2D eigenvalue weighted by Gasteiger charge is 2.30. The molecule has 0 aromatic rings. The number of amides is 1. The van der Waals surface area contributed by atoms with E-state index in [2.05, 4.69) is 18.8 Å². The van der Waals surface area contributed by atoms with Gasteiger partial charge in [-0.3, -0.25) is 0 Å². The molecular weight excluding hydrogens is 264 g/mol. The Morgan fingerprint density at radius 1 is 1.48 bits per heavy atom. The fourth-order valence-electron chi connectivity index (χ4n) is 2.58. The molecule has 1 heterocycles. The number of rotatable bonds is 6. The predicted octanol–water partition coefficient (Wildman–Crippen LogP) is 3.72. The van der Waals surface area contributed by atoms with Crippen molar-refractivity contribution in [3.63, 3.8) is 0 Å². The van der Waals surface area contributed by atoms with E-state index >= 15 is 0 Å². The third-order valence-corrected chi connectivity index (χ3v) is 3.76. The second-order valence-corrected chi connectivity index (χ2v) is 7.00. The summed E-state index contributed by atoms with van der Waals surface area (Å²) in [5.41, 5.74) is -0.427. The minimum atomic E-state index is -0.427. The van der Waals surface area contributed by atoms with Crippen LogP contribution in [0.2, 0.25) is 0 Å². The second-order valence-electron chi connectivity index (χ2n) is 7.00. The van der Waals surface area contributed by atoms with E-state index in [1.165, 1.54) is 6.42 Å². The summed E-state index contributed by atoms with van der Waals surface area (Å²) >= 11 is 0. The second kappa shape index (κ2) is 8.42. The van der Waals surface area contributed by atoms with E-state index in [4.69, 9.17) is 4.74 Å². The van der Waals surface area contributed by atoms with E-state index in [0.717, 1.165) is 38.8 Å². The molecule has 0 saturated carbocycles. The van der Waals surface area contributed by atoms with Gasteiger partial charge in [0.2, 0.25) is 0 Å². The van der Waals surface area contributed by atoms with Crippen molar-refractivity contribution in [3.8, 4) is 0 Å². The van der Waals surface area contributed by atoms with Crippen LogP contribution in [0.25, 0.3) is 0 Å². The third kappa shape index (κ3) is 6.98. The molecule has 0 bridgehead atoms. The van der Waals surface area contributed by atoms with Gasteiger partial charge in [-0.05, 0) is 59.8 Å². The molecule has 122 valence electrons. The van der Waals surface area contributed by atoms with E-state index in [9.17, 15) is 4.79 Å². The van der Waals surface area contributed by atoms with Crippen molar-refractivity contribution in [2.75, 3.05) is 13.1 Å². The largest absolute Gasteiger partial charge is 0.444 e. The van der Waals surface area contributed by atoms with Gasteiger partial charge in [0.05, 0.1) is 0 Å². The van der Waals surface area contributed by atoms with Crippen LogP contribution in [0.15, 0.2) is 12.7 Å². The molecule has 1 aliphatic rings. The lowest BCUT2D eigenvalue weighted by Crippen LogP contribution is -2.51. The van der Waals surface area contributed by atoms with Gasteiger partial charge in [-0.1, -0.05) is 6.08 Å². The first kappa shape index (κ1) is 18.0. The number of hydrogen-bond donors (Lipinski definition) is 1. The molecule has 1 N–H and O–H groups in total. The minimum Gasteiger partial charge on any atom is -0.444 e. The molecule has 0 radical (unpaired) electrons. The number of nitrogens with one attached hydrogen (secondary N) is 1. The van der Waals surface area contributed by atoms with Crippen molar-refractivity contribution >= 4 is 6.09 Å². The standard InChI is InChI=1S/C17H32N2O2/c1-6-7-10-14(2)18-13-15-11-8-9-12-19(15)16(20)21-17(3,4)5/h6,14-15,18H,1,7-13H2,2-5H3. The Kier molecular flexibility index (Phi) is 7.23. The number of piperidine rings is 1. The zero-order valence-electron chi connectivity index (χ0n) is 14.2. The highest BCUT2D eigenvalue weighted by molar-refractivity contribution is 5.68. The number of carbonyl (C=O) groups is 1. The number of likely N-dealkylation sites (tertiary alicyclic amines) is 1. The molecule has 2 atom stereocenters. The Morgan fingerprint density at radius 2 is 2.19 bits per heavy atom. The van der Waals surface area contributed by atoms with Crippen LogP contribution in [0.4, 0.5) is 4.79 Å². The summed E-state index contributed by atoms with van der Waals surface area (Å²) in [6.07, 6.45) is 7.20. The first-order valence-corrected chi connectivity index (χ1v) is 8.17. The first-order valence-electron chi connectivity index (χ1n) is 8.17. The molecule has 1 rings (SSSR count). The van der Waals surface area contributed by atoms with Gasteiger partial charge in [-0.15, -0.1) is 6.58 Å². The molecule has 4 nitrogen and oxygen atoms in total. The van der Waals surface area contributed by atoms with Gasteiger partial charge in [-0.2, -0.15) is 0 Å². The molecule has 4 heteroatoms. The number of ether oxygens (including phenoxy) is 1. The highest BCUT2D eigenvalue weighted by atomic mass is 16.6. The zero-order valence-corrected chi connectivity index (χ0v) is 14.2. The lowest BCUT2D eigenvalue weighted by molar-refractivity contribution is 0.00968. The topological polar surface area (TPSA) is 41.6 Å². The monoisotopic (exact) mass is 296 g/mol. The molecule has 0 aliphatic carbocycles. The molecule has 2 unspecified atom stereocenters. The van der Waals surface area contributed by atoms with Crippen LogP contribution in [-0.4, -0.2) is 41.8 Å². The van der Waals surface area contributed by atoms with E-state index in [-0.39, 0.29) is 12.1 Å². The molecule has 0 aromatic carbocycles. The Labute approximate surface area is 129 Å². The zero-order chi connectivity index (χ0) is 15.9. The van der Waals surface area contributed by atoms with Gasteiger partial charge < -0.3 is 15.0 Å². The average molecular weight is 296 g/mol. The SMILES string of the molecule is C=CCCC(C)NCC1CCCCN1C(=O)OC(C)(C)C. The fraction of sp³-hybridized carbons (Fsp3) is 0.824. The van der Waals surface area contributed by atoms with Crippen LogP contribution in [0, 0.1) is 0 Å².